The van der Waals surface area contributed by atoms with Gasteiger partial charge in [0.05, 0.1) is 19.1 Å². The van der Waals surface area contributed by atoms with E-state index in [1.54, 1.807) is 68.4 Å². The molecule has 15 atom stereocenters. The van der Waals surface area contributed by atoms with Crippen LogP contribution in [0.5, 0.6) is 11.5 Å². The fourth-order valence-corrected chi connectivity index (χ4v) is 14.6. The Bertz CT molecular complexity index is 4740. The van der Waals surface area contributed by atoms with Crippen LogP contribution in [-0.2, 0) is 121 Å². The van der Waals surface area contributed by atoms with Crippen LogP contribution in [0.15, 0.2) is 109 Å². The van der Waals surface area contributed by atoms with E-state index >= 15 is 47.9 Å². The SMILES string of the molecule is CC(=O)N[C@@H](Cc1ccccc1)C(=O)NCC(=O)N[C@H](C(=O)N[C@@H]1C(=O)N[C@@H](CC(C)C)C(=O)N[C@H]2CCCCNC(=O)CC[C@@H](C(=O)N[C@@H](Cc3ccc(O)cc3)C(=O)O)NC(=O)[C@@H]3CCC(=O)OC[C@H](NC(=O)[C@@H]4CCCN4C(=O)[C@H](Cc4ccc(O)cc4)NC2=O)C(=O)N[C@@H](CC(=O)O[C@@H]1C)C(=O)N[C@@H](Cc1c[nH]c2ccccc12)C(=O)N3)[C@@H](C)O. The molecular weight excluding hydrogens is 1620 g/mol. The van der Waals surface area contributed by atoms with E-state index in [1.807, 2.05) is 0 Å². The summed E-state index contributed by atoms with van der Waals surface area (Å²) in [7, 11) is 0. The number of cyclic esters (lactones) is 1. The minimum Gasteiger partial charge on any atom is -0.508 e. The number of rotatable bonds is 21. The molecule has 40 nitrogen and oxygen atoms in total. The van der Waals surface area contributed by atoms with Gasteiger partial charge in [-0.15, -0.1) is 0 Å². The van der Waals surface area contributed by atoms with Gasteiger partial charge in [0.25, 0.3) is 0 Å². The van der Waals surface area contributed by atoms with E-state index in [0.717, 1.165) is 18.7 Å². The molecule has 0 aliphatic carbocycles. The smallest absolute Gasteiger partial charge is 0.326 e. The molecule has 0 spiro atoms. The van der Waals surface area contributed by atoms with E-state index < -0.39 is 255 Å². The van der Waals surface area contributed by atoms with Crippen molar-refractivity contribution in [2.45, 2.75) is 222 Å². The van der Waals surface area contributed by atoms with Crippen LogP contribution in [0, 0.1) is 5.92 Å². The maximum atomic E-state index is 15.6. The van der Waals surface area contributed by atoms with Gasteiger partial charge in [0.2, 0.25) is 88.6 Å². The maximum Gasteiger partial charge on any atom is 0.326 e. The number of aromatic hydroxyl groups is 2. The Morgan fingerprint density at radius 3 is 1.83 bits per heavy atom. The van der Waals surface area contributed by atoms with Gasteiger partial charge in [0, 0.05) is 75.6 Å². The monoisotopic (exact) mass is 1720 g/mol. The Morgan fingerprint density at radius 2 is 1.15 bits per heavy atom. The number of carboxylic acids is 1. The quantitative estimate of drug-likeness (QED) is 0.0327. The van der Waals surface area contributed by atoms with Crippen LogP contribution >= 0.6 is 0 Å². The first-order valence-corrected chi connectivity index (χ1v) is 40.9. The highest BCUT2D eigenvalue weighted by Gasteiger charge is 2.44. The number of ether oxygens (including phenoxy) is 2. The van der Waals surface area contributed by atoms with Crippen molar-refractivity contribution in [2.24, 2.45) is 5.92 Å². The van der Waals surface area contributed by atoms with E-state index in [0.29, 0.717) is 33.2 Å². The number of aliphatic carboxylic acids is 1. The maximum absolute atomic E-state index is 15.6. The van der Waals surface area contributed by atoms with E-state index in [4.69, 9.17) is 9.47 Å². The van der Waals surface area contributed by atoms with Crippen LogP contribution in [0.25, 0.3) is 10.9 Å². The largest absolute Gasteiger partial charge is 0.508 e. The molecule has 5 aromatic rings. The lowest BCUT2D eigenvalue weighted by atomic mass is 10.00. The van der Waals surface area contributed by atoms with Gasteiger partial charge in [0.15, 0.2) is 0 Å². The number of benzene rings is 4. The van der Waals surface area contributed by atoms with Crippen molar-refractivity contribution in [3.63, 3.8) is 0 Å². The van der Waals surface area contributed by atoms with Gasteiger partial charge in [0.1, 0.15) is 103 Å². The standard InChI is InChI=1S/C84H106N16O24/c1-43(2)34-58-76(113)89-55-18-11-12-32-85-66(105)30-28-56(75(112)96-63(84(121)122)37-49-22-26-52(104)27-23-49)90-74(111)57-29-31-68(107)123-42-64(97-80(117)65-19-13-33-100(65)83(120)62(95-73(55)110)36-48-20-24-51(103)25-21-48)79(116)93-61(78(115)92-60(77(114)91-57)38-50-40-86-54-17-10-9-16-53(50)54)39-69(108)124-45(4)71(82(119)94-58)99-81(118)70(44(3)101)98-67(106)41-87-72(109)59(88-46(5)102)35-47-14-7-6-8-15-47/h6-10,14-17,20-27,40,43-45,55-65,70-71,86,101,103-104H,11-13,18-19,28-39,41-42H2,1-5H3,(H,85,105)(H,87,109)(H,88,102)(H,89,113)(H,90,111)(H,91,114)(H,92,115)(H,93,116)(H,94,119)(H,95,110)(H,96,112)(H,97,117)(H,98,106)(H,99,118)(H,121,122)/t44-,45-,55+,56+,57+,58+,59+,60+,61+,62+,63+,64+,65+,70+,71+/m1/s1. The molecule has 124 heavy (non-hydrogen) atoms. The Hall–Kier alpha value is -13.6. The van der Waals surface area contributed by atoms with Crippen LogP contribution in [0.1, 0.15) is 128 Å². The number of para-hydroxylation sites is 1. The first kappa shape index (κ1) is 94.3. The molecule has 40 heteroatoms. The number of aromatic nitrogens is 1. The molecule has 666 valence electrons. The summed E-state index contributed by atoms with van der Waals surface area (Å²) in [5.41, 5.74) is 2.17. The summed E-state index contributed by atoms with van der Waals surface area (Å²) in [6.07, 6.45) is -8.17. The molecule has 4 aromatic carbocycles. The summed E-state index contributed by atoms with van der Waals surface area (Å²) in [4.78, 5) is 268. The van der Waals surface area contributed by atoms with Crippen LogP contribution in [-0.4, -0.2) is 254 Å². The number of hydrogen-bond acceptors (Lipinski definition) is 23. The highest BCUT2D eigenvalue weighted by Crippen LogP contribution is 2.25. The average molecular weight is 1720 g/mol. The third kappa shape index (κ3) is 27.7. The van der Waals surface area contributed by atoms with E-state index in [2.05, 4.69) is 79.4 Å². The van der Waals surface area contributed by atoms with Crippen molar-refractivity contribution in [3.05, 3.63) is 132 Å². The number of carboxylic acid groups (broad SMARTS) is 1. The first-order valence-electron chi connectivity index (χ1n) is 40.9. The third-order valence-electron chi connectivity index (χ3n) is 21.2. The third-order valence-corrected chi connectivity index (χ3v) is 21.2. The van der Waals surface area contributed by atoms with Crippen molar-refractivity contribution in [2.75, 3.05) is 26.2 Å². The lowest BCUT2D eigenvalue weighted by Crippen LogP contribution is -2.63. The number of carbonyl (C=O) groups excluding carboxylic acids is 17. The number of aliphatic hydroxyl groups is 1. The number of phenolic OH excluding ortho intramolecular Hbond substituents is 2. The molecule has 1 aromatic heterocycles. The number of carbonyl (C=O) groups is 18. The lowest BCUT2D eigenvalue weighted by molar-refractivity contribution is -0.155. The Labute approximate surface area is 711 Å². The van der Waals surface area contributed by atoms with Crippen molar-refractivity contribution in [3.8, 4) is 11.5 Å². The number of esters is 2. The zero-order valence-electron chi connectivity index (χ0n) is 69.0. The summed E-state index contributed by atoms with van der Waals surface area (Å²) in [6, 6.07) is 2.33. The fraction of sp³-hybridized carbons (Fsp3) is 0.476. The van der Waals surface area contributed by atoms with Crippen LogP contribution in [0.2, 0.25) is 0 Å². The number of aromatic amines is 1. The highest BCUT2D eigenvalue weighted by atomic mass is 16.5. The molecule has 15 amide bonds. The number of nitrogens with one attached hydrogen (secondary N) is 15. The second-order valence-electron chi connectivity index (χ2n) is 31.5. The summed E-state index contributed by atoms with van der Waals surface area (Å²) in [5, 5.41) is 77.6. The second-order valence-corrected chi connectivity index (χ2v) is 31.5. The summed E-state index contributed by atoms with van der Waals surface area (Å²) in [6.45, 7) is 4.27. The van der Waals surface area contributed by atoms with Gasteiger partial charge < -0.3 is 114 Å². The predicted octanol–water partition coefficient (Wildman–Crippen LogP) is -2.94. The number of amides is 15. The van der Waals surface area contributed by atoms with Crippen molar-refractivity contribution >= 4 is 117 Å². The van der Waals surface area contributed by atoms with E-state index in [-0.39, 0.29) is 82.4 Å². The summed E-state index contributed by atoms with van der Waals surface area (Å²) in [5.74, 6) is -21.6. The van der Waals surface area contributed by atoms with Gasteiger partial charge in [-0.1, -0.05) is 86.6 Å². The van der Waals surface area contributed by atoms with Gasteiger partial charge in [-0.3, -0.25) is 81.5 Å². The number of aliphatic hydroxyl groups excluding tert-OH is 1. The van der Waals surface area contributed by atoms with Crippen molar-refractivity contribution in [1.82, 2.24) is 84.3 Å². The van der Waals surface area contributed by atoms with Crippen LogP contribution in [0.3, 0.4) is 0 Å². The Kier molecular flexibility index (Phi) is 34.1. The Balaban J connectivity index is 1.17. The molecule has 5 heterocycles. The molecule has 4 fully saturated rings. The van der Waals surface area contributed by atoms with Crippen LogP contribution in [0.4, 0.5) is 0 Å². The Morgan fingerprint density at radius 1 is 0.556 bits per heavy atom. The van der Waals surface area contributed by atoms with Gasteiger partial charge >= 0.3 is 17.9 Å². The number of H-pyrrole nitrogens is 1. The molecule has 4 aliphatic heterocycles. The minimum atomic E-state index is -2.28. The van der Waals surface area contributed by atoms with Crippen molar-refractivity contribution < 1.29 is 116 Å². The normalized spacial score (nSPS) is 23.9. The zero-order chi connectivity index (χ0) is 90.0. The molecule has 0 saturated carbocycles. The molecular formula is C84H106N16O24. The minimum absolute atomic E-state index is 0.00980. The fourth-order valence-electron chi connectivity index (χ4n) is 14.6. The second kappa shape index (κ2) is 44.8. The average Bonchev–Trinajstić information content (AvgIpc) is 1.65. The van der Waals surface area contributed by atoms with Crippen LogP contribution < -0.4 is 74.4 Å². The molecule has 9 rings (SSSR count). The van der Waals surface area contributed by atoms with Gasteiger partial charge in [-0.2, -0.15) is 0 Å². The number of phenols is 2. The zero-order valence-corrected chi connectivity index (χ0v) is 69.0. The number of hydrogen-bond donors (Lipinski definition) is 19. The van der Waals surface area contributed by atoms with E-state index in [9.17, 15) is 58.8 Å². The van der Waals surface area contributed by atoms with Gasteiger partial charge in [-0.05, 0) is 124 Å². The van der Waals surface area contributed by atoms with E-state index in [1.165, 1.54) is 61.7 Å². The predicted molar refractivity (Wildman–Crippen MR) is 438 cm³/mol. The van der Waals surface area contributed by atoms with Gasteiger partial charge in [-0.25, -0.2) is 4.79 Å². The molecule has 19 N–H and O–H groups in total. The van der Waals surface area contributed by atoms with Crippen molar-refractivity contribution in [1.29, 1.82) is 0 Å². The molecule has 0 radical (unpaired) electrons. The molecule has 0 unspecified atom stereocenters. The topological polar surface area (TPSA) is 594 Å². The highest BCUT2D eigenvalue weighted by molar-refractivity contribution is 6.02. The lowest BCUT2D eigenvalue weighted by Gasteiger charge is -2.31. The molecule has 4 aliphatic rings. The summed E-state index contributed by atoms with van der Waals surface area (Å²) < 4.78 is 11.6. The molecule has 4 bridgehead atoms. The first-order chi connectivity index (χ1) is 59.0. The number of nitrogens with zero attached hydrogens (tertiary/aromatic N) is 1. The summed E-state index contributed by atoms with van der Waals surface area (Å²) >= 11 is 0. The molecule has 4 saturated heterocycles. The number of fused-ring (bicyclic) bond motifs is 13.